The van der Waals surface area contributed by atoms with Gasteiger partial charge in [0.25, 0.3) is 0 Å². The fraction of sp³-hybridized carbons (Fsp3) is 1.00. The summed E-state index contributed by atoms with van der Waals surface area (Å²) in [4.78, 5) is 2.31. The van der Waals surface area contributed by atoms with Gasteiger partial charge in [0, 0.05) is 41.8 Å². The van der Waals surface area contributed by atoms with Gasteiger partial charge in [0.05, 0.1) is 0 Å². The normalized spacial score (nSPS) is 33.4. The number of piperidine rings is 2. The highest BCUT2D eigenvalue weighted by molar-refractivity contribution is 9.07. The van der Waals surface area contributed by atoms with Crippen molar-refractivity contribution >= 4 is 16.1 Å². The van der Waals surface area contributed by atoms with E-state index in [1.807, 2.05) is 0 Å². The van der Waals surface area contributed by atoms with Crippen molar-refractivity contribution in [3.8, 4) is 0 Å². The van der Waals surface area contributed by atoms with E-state index in [9.17, 15) is 5.11 Å². The van der Waals surface area contributed by atoms with Crippen LogP contribution < -0.4 is 0 Å². The largest absolute Gasteiger partial charge is 0.378 e. The number of hydrogen-bond acceptors (Lipinski definition) is 3. The van der Waals surface area contributed by atoms with Crippen molar-refractivity contribution in [2.45, 2.75) is 44.4 Å². The Bertz CT molecular complexity index is 183. The SMILES string of the molecule is OC1CCCCN1C1CCN(Br)CC1. The van der Waals surface area contributed by atoms with E-state index in [1.165, 1.54) is 25.7 Å². The van der Waals surface area contributed by atoms with Gasteiger partial charge in [-0.05, 0) is 32.1 Å². The average molecular weight is 263 g/mol. The van der Waals surface area contributed by atoms with Crippen LogP contribution in [-0.2, 0) is 0 Å². The summed E-state index contributed by atoms with van der Waals surface area (Å²) in [5, 5.41) is 9.89. The number of likely N-dealkylation sites (tertiary alicyclic amines) is 1. The van der Waals surface area contributed by atoms with Gasteiger partial charge in [-0.25, -0.2) is 3.93 Å². The Morgan fingerprint density at radius 1 is 1.00 bits per heavy atom. The first-order valence-corrected chi connectivity index (χ1v) is 6.33. The van der Waals surface area contributed by atoms with E-state index in [1.54, 1.807) is 0 Å². The Morgan fingerprint density at radius 3 is 2.36 bits per heavy atom. The molecule has 2 fully saturated rings. The minimum Gasteiger partial charge on any atom is -0.378 e. The van der Waals surface area contributed by atoms with Crippen LogP contribution in [-0.4, -0.2) is 45.8 Å². The van der Waals surface area contributed by atoms with Crippen LogP contribution in [0.1, 0.15) is 32.1 Å². The molecule has 4 heteroatoms. The zero-order chi connectivity index (χ0) is 9.97. The summed E-state index contributed by atoms with van der Waals surface area (Å²) in [6.45, 7) is 3.30. The maximum absolute atomic E-state index is 9.89. The molecule has 0 amide bonds. The Hall–Kier alpha value is 0.360. The first-order chi connectivity index (χ1) is 6.77. The summed E-state index contributed by atoms with van der Waals surface area (Å²) in [6, 6.07) is 0.610. The molecule has 0 aromatic carbocycles. The van der Waals surface area contributed by atoms with Crippen molar-refractivity contribution in [2.75, 3.05) is 19.6 Å². The second-order valence-electron chi connectivity index (χ2n) is 4.36. The second-order valence-corrected chi connectivity index (χ2v) is 5.36. The first-order valence-electron chi connectivity index (χ1n) is 5.62. The fourth-order valence-corrected chi connectivity index (χ4v) is 2.94. The van der Waals surface area contributed by atoms with E-state index in [0.29, 0.717) is 6.04 Å². The highest BCUT2D eigenvalue weighted by atomic mass is 79.9. The third-order valence-corrected chi connectivity index (χ3v) is 4.10. The topological polar surface area (TPSA) is 26.7 Å². The molecule has 1 unspecified atom stereocenters. The molecule has 2 rings (SSSR count). The maximum atomic E-state index is 9.89. The van der Waals surface area contributed by atoms with E-state index in [4.69, 9.17) is 0 Å². The summed E-state index contributed by atoms with van der Waals surface area (Å²) >= 11 is 3.51. The van der Waals surface area contributed by atoms with E-state index in [-0.39, 0.29) is 6.23 Å². The van der Waals surface area contributed by atoms with E-state index < -0.39 is 0 Å². The van der Waals surface area contributed by atoms with E-state index >= 15 is 0 Å². The lowest BCUT2D eigenvalue weighted by Crippen LogP contribution is -2.49. The van der Waals surface area contributed by atoms with Gasteiger partial charge in [-0.1, -0.05) is 0 Å². The molecule has 1 N–H and O–H groups in total. The van der Waals surface area contributed by atoms with E-state index in [0.717, 1.165) is 26.1 Å². The number of nitrogens with zero attached hydrogens (tertiary/aromatic N) is 2. The molecular formula is C10H19BrN2O. The molecule has 2 heterocycles. The molecule has 0 aromatic heterocycles. The van der Waals surface area contributed by atoms with Gasteiger partial charge in [-0.3, -0.25) is 4.90 Å². The molecule has 14 heavy (non-hydrogen) atoms. The van der Waals surface area contributed by atoms with Gasteiger partial charge >= 0.3 is 0 Å². The number of aliphatic hydroxyl groups excluding tert-OH is 1. The molecule has 2 aliphatic heterocycles. The lowest BCUT2D eigenvalue weighted by molar-refractivity contribution is -0.0591. The predicted octanol–water partition coefficient (Wildman–Crippen LogP) is 1.56. The molecule has 2 aliphatic rings. The average Bonchev–Trinajstić information content (AvgIpc) is 2.20. The fourth-order valence-electron chi connectivity index (χ4n) is 2.53. The molecular weight excluding hydrogens is 244 g/mol. The molecule has 0 bridgehead atoms. The van der Waals surface area contributed by atoms with Crippen LogP contribution in [0.25, 0.3) is 0 Å². The van der Waals surface area contributed by atoms with Gasteiger partial charge in [-0.2, -0.15) is 0 Å². The maximum Gasteiger partial charge on any atom is 0.107 e. The molecule has 1 atom stereocenters. The van der Waals surface area contributed by atoms with E-state index in [2.05, 4.69) is 25.0 Å². The highest BCUT2D eigenvalue weighted by Gasteiger charge is 2.29. The lowest BCUT2D eigenvalue weighted by Gasteiger charge is -2.41. The third-order valence-electron chi connectivity index (χ3n) is 3.39. The van der Waals surface area contributed by atoms with Gasteiger partial charge in [-0.15, -0.1) is 0 Å². The molecule has 0 radical (unpaired) electrons. The summed E-state index contributed by atoms with van der Waals surface area (Å²) < 4.78 is 2.19. The van der Waals surface area contributed by atoms with Crippen LogP contribution in [0.3, 0.4) is 0 Å². The third kappa shape index (κ3) is 2.48. The van der Waals surface area contributed by atoms with Crippen molar-refractivity contribution in [3.63, 3.8) is 0 Å². The van der Waals surface area contributed by atoms with Gasteiger partial charge in [0.15, 0.2) is 0 Å². The Balaban J connectivity index is 1.87. The number of aliphatic hydroxyl groups is 1. The van der Waals surface area contributed by atoms with Crippen LogP contribution in [0.4, 0.5) is 0 Å². The zero-order valence-electron chi connectivity index (χ0n) is 8.53. The van der Waals surface area contributed by atoms with Crippen LogP contribution in [0, 0.1) is 0 Å². The van der Waals surface area contributed by atoms with Gasteiger partial charge in [0.2, 0.25) is 0 Å². The summed E-state index contributed by atoms with van der Waals surface area (Å²) in [5.74, 6) is 0. The summed E-state index contributed by atoms with van der Waals surface area (Å²) in [5.41, 5.74) is 0. The first kappa shape index (κ1) is 10.9. The van der Waals surface area contributed by atoms with Crippen molar-refractivity contribution in [1.82, 2.24) is 8.83 Å². The highest BCUT2D eigenvalue weighted by Crippen LogP contribution is 2.24. The van der Waals surface area contributed by atoms with Gasteiger partial charge in [0.1, 0.15) is 6.23 Å². The van der Waals surface area contributed by atoms with Crippen molar-refractivity contribution in [1.29, 1.82) is 0 Å². The number of hydrogen-bond donors (Lipinski definition) is 1. The quantitative estimate of drug-likeness (QED) is 0.727. The Morgan fingerprint density at radius 2 is 1.71 bits per heavy atom. The van der Waals surface area contributed by atoms with Crippen LogP contribution in [0.2, 0.25) is 0 Å². The second kappa shape index (κ2) is 4.92. The Labute approximate surface area is 94.4 Å². The standard InChI is InChI=1S/C10H19BrN2O/c11-12-7-4-9(5-8-12)13-6-2-1-3-10(13)14/h9-10,14H,1-8H2. The monoisotopic (exact) mass is 262 g/mol. The van der Waals surface area contributed by atoms with Crippen LogP contribution >= 0.6 is 16.1 Å². The molecule has 0 aromatic rings. The number of rotatable bonds is 1. The van der Waals surface area contributed by atoms with Crippen LogP contribution in [0.5, 0.6) is 0 Å². The summed E-state index contributed by atoms with van der Waals surface area (Å²) in [7, 11) is 0. The molecule has 3 nitrogen and oxygen atoms in total. The minimum atomic E-state index is -0.171. The Kier molecular flexibility index (Phi) is 3.82. The predicted molar refractivity (Wildman–Crippen MR) is 60.1 cm³/mol. The smallest absolute Gasteiger partial charge is 0.107 e. The molecule has 0 aliphatic carbocycles. The molecule has 0 spiro atoms. The molecule has 82 valence electrons. The summed E-state index contributed by atoms with van der Waals surface area (Å²) in [6.07, 6.45) is 5.61. The van der Waals surface area contributed by atoms with Crippen molar-refractivity contribution in [2.24, 2.45) is 0 Å². The minimum absolute atomic E-state index is 0.171. The van der Waals surface area contributed by atoms with Crippen molar-refractivity contribution < 1.29 is 5.11 Å². The van der Waals surface area contributed by atoms with Gasteiger partial charge < -0.3 is 5.11 Å². The lowest BCUT2D eigenvalue weighted by atomic mass is 10.0. The molecule has 0 saturated carbocycles. The van der Waals surface area contributed by atoms with Crippen LogP contribution in [0.15, 0.2) is 0 Å². The molecule has 2 saturated heterocycles. The zero-order valence-corrected chi connectivity index (χ0v) is 10.1. The number of halogens is 1. The van der Waals surface area contributed by atoms with Crippen molar-refractivity contribution in [3.05, 3.63) is 0 Å².